The lowest BCUT2D eigenvalue weighted by atomic mass is 9.88. The molecule has 0 spiro atoms. The van der Waals surface area contributed by atoms with Crippen molar-refractivity contribution in [2.45, 2.75) is 0 Å². The minimum Gasteiger partial charge on any atom is -0.463 e. The van der Waals surface area contributed by atoms with Crippen molar-refractivity contribution in [2.24, 2.45) is 0 Å². The fourth-order valence-corrected chi connectivity index (χ4v) is 1.02. The van der Waals surface area contributed by atoms with Crippen molar-refractivity contribution in [3.05, 3.63) is 24.4 Å². The van der Waals surface area contributed by atoms with Gasteiger partial charge in [-0.25, -0.2) is 0 Å². The van der Waals surface area contributed by atoms with Crippen LogP contribution in [0.3, 0.4) is 0 Å². The standard InChI is InChI=1S/C7H6BNO3/c10-8(11)7-4-5-6(12-7)2-1-3-9-5/h1-4,10-11H. The van der Waals surface area contributed by atoms with E-state index in [1.807, 2.05) is 0 Å². The molecule has 0 amide bonds. The number of fused-ring (bicyclic) bond motifs is 1. The van der Waals surface area contributed by atoms with Crippen LogP contribution in [0.5, 0.6) is 0 Å². The topological polar surface area (TPSA) is 66.5 Å². The highest BCUT2D eigenvalue weighted by molar-refractivity contribution is 6.57. The summed E-state index contributed by atoms with van der Waals surface area (Å²) in [5.74, 6) is 0. The molecule has 4 nitrogen and oxygen atoms in total. The van der Waals surface area contributed by atoms with E-state index in [2.05, 4.69) is 4.98 Å². The molecular formula is C7H6BNO3. The number of pyridine rings is 1. The van der Waals surface area contributed by atoms with Crippen molar-refractivity contribution < 1.29 is 14.5 Å². The van der Waals surface area contributed by atoms with Crippen LogP contribution in [-0.4, -0.2) is 22.2 Å². The van der Waals surface area contributed by atoms with Crippen molar-refractivity contribution in [3.63, 3.8) is 0 Å². The van der Waals surface area contributed by atoms with Crippen molar-refractivity contribution >= 4 is 23.9 Å². The molecule has 2 aromatic rings. The molecule has 0 radical (unpaired) electrons. The molecular weight excluding hydrogens is 157 g/mol. The quantitative estimate of drug-likeness (QED) is 0.556. The van der Waals surface area contributed by atoms with E-state index in [-0.39, 0.29) is 5.66 Å². The van der Waals surface area contributed by atoms with Crippen molar-refractivity contribution in [2.75, 3.05) is 0 Å². The molecule has 0 bridgehead atoms. The molecule has 60 valence electrons. The van der Waals surface area contributed by atoms with Gasteiger partial charge in [0.1, 0.15) is 11.2 Å². The fourth-order valence-electron chi connectivity index (χ4n) is 1.02. The van der Waals surface area contributed by atoms with Crippen LogP contribution in [0.25, 0.3) is 11.1 Å². The Morgan fingerprint density at radius 2 is 2.25 bits per heavy atom. The Bertz CT molecular complexity index is 365. The predicted molar refractivity (Wildman–Crippen MR) is 43.8 cm³/mol. The molecule has 0 aromatic carbocycles. The number of nitrogens with zero attached hydrogens (tertiary/aromatic N) is 1. The van der Waals surface area contributed by atoms with Crippen LogP contribution in [-0.2, 0) is 0 Å². The number of aromatic nitrogens is 1. The highest BCUT2D eigenvalue weighted by atomic mass is 16.4. The third kappa shape index (κ3) is 1.09. The predicted octanol–water partition coefficient (Wildman–Crippen LogP) is -0.492. The summed E-state index contributed by atoms with van der Waals surface area (Å²) in [4.78, 5) is 3.97. The van der Waals surface area contributed by atoms with Crippen LogP contribution in [0.2, 0.25) is 0 Å². The normalized spacial score (nSPS) is 10.5. The molecule has 2 heterocycles. The zero-order valence-electron chi connectivity index (χ0n) is 6.14. The van der Waals surface area contributed by atoms with Gasteiger partial charge in [0.15, 0.2) is 5.58 Å². The van der Waals surface area contributed by atoms with E-state index in [4.69, 9.17) is 14.5 Å². The summed E-state index contributed by atoms with van der Waals surface area (Å²) in [6.07, 6.45) is 1.62. The highest BCUT2D eigenvalue weighted by Gasteiger charge is 2.16. The minimum atomic E-state index is -1.57. The van der Waals surface area contributed by atoms with Crippen LogP contribution in [0, 0.1) is 0 Å². The Morgan fingerprint density at radius 3 is 2.92 bits per heavy atom. The molecule has 0 aliphatic carbocycles. The van der Waals surface area contributed by atoms with Gasteiger partial charge >= 0.3 is 7.12 Å². The van der Waals surface area contributed by atoms with Gasteiger partial charge in [0, 0.05) is 12.3 Å². The van der Waals surface area contributed by atoms with Gasteiger partial charge in [-0.05, 0) is 12.1 Å². The number of furan rings is 1. The average Bonchev–Trinajstić information content (AvgIpc) is 2.46. The number of hydrogen-bond acceptors (Lipinski definition) is 4. The van der Waals surface area contributed by atoms with Crippen molar-refractivity contribution in [1.82, 2.24) is 4.98 Å². The van der Waals surface area contributed by atoms with Gasteiger partial charge < -0.3 is 14.5 Å². The van der Waals surface area contributed by atoms with E-state index in [9.17, 15) is 0 Å². The Balaban J connectivity index is 2.62. The highest BCUT2D eigenvalue weighted by Crippen LogP contribution is 2.09. The molecule has 5 heteroatoms. The second kappa shape index (κ2) is 2.62. The van der Waals surface area contributed by atoms with Crippen LogP contribution in [0.1, 0.15) is 0 Å². The molecule has 2 rings (SSSR count). The van der Waals surface area contributed by atoms with Gasteiger partial charge in [-0.3, -0.25) is 4.98 Å². The second-order valence-corrected chi connectivity index (χ2v) is 2.41. The first-order chi connectivity index (χ1) is 5.77. The smallest absolute Gasteiger partial charge is 0.463 e. The second-order valence-electron chi connectivity index (χ2n) is 2.41. The molecule has 0 saturated carbocycles. The van der Waals surface area contributed by atoms with Gasteiger partial charge in [0.25, 0.3) is 0 Å². The zero-order chi connectivity index (χ0) is 8.55. The van der Waals surface area contributed by atoms with Crippen LogP contribution in [0.15, 0.2) is 28.8 Å². The molecule has 2 aromatic heterocycles. The first kappa shape index (κ1) is 7.33. The average molecular weight is 163 g/mol. The Kier molecular flexibility index (Phi) is 1.60. The van der Waals surface area contributed by atoms with Crippen molar-refractivity contribution in [3.8, 4) is 0 Å². The van der Waals surface area contributed by atoms with Crippen LogP contribution < -0.4 is 5.66 Å². The van der Waals surface area contributed by atoms with Gasteiger partial charge in [-0.2, -0.15) is 0 Å². The van der Waals surface area contributed by atoms with Gasteiger partial charge in [0.2, 0.25) is 0 Å². The van der Waals surface area contributed by atoms with E-state index in [0.29, 0.717) is 11.1 Å². The van der Waals surface area contributed by atoms with E-state index < -0.39 is 7.12 Å². The lowest BCUT2D eigenvalue weighted by molar-refractivity contribution is 0.412. The lowest BCUT2D eigenvalue weighted by Crippen LogP contribution is -2.27. The fraction of sp³-hybridized carbons (Fsp3) is 0. The Labute approximate surface area is 68.6 Å². The molecule has 0 aliphatic heterocycles. The lowest BCUT2D eigenvalue weighted by Gasteiger charge is -1.87. The summed E-state index contributed by atoms with van der Waals surface area (Å²) in [6.45, 7) is 0. The van der Waals surface area contributed by atoms with Gasteiger partial charge in [-0.1, -0.05) is 0 Å². The molecule has 0 fully saturated rings. The number of rotatable bonds is 1. The Hall–Kier alpha value is -1.33. The maximum Gasteiger partial charge on any atom is 0.526 e. The largest absolute Gasteiger partial charge is 0.526 e. The summed E-state index contributed by atoms with van der Waals surface area (Å²) < 4.78 is 5.07. The molecule has 0 atom stereocenters. The van der Waals surface area contributed by atoms with Crippen LogP contribution in [0.4, 0.5) is 0 Å². The maximum atomic E-state index is 8.76. The molecule has 2 N–H and O–H groups in total. The molecule has 0 saturated heterocycles. The monoisotopic (exact) mass is 163 g/mol. The maximum absolute atomic E-state index is 8.76. The summed E-state index contributed by atoms with van der Waals surface area (Å²) in [7, 11) is -1.57. The minimum absolute atomic E-state index is 0.115. The SMILES string of the molecule is OB(O)c1cc2ncccc2o1. The van der Waals surface area contributed by atoms with Crippen molar-refractivity contribution in [1.29, 1.82) is 0 Å². The van der Waals surface area contributed by atoms with Gasteiger partial charge in [0.05, 0.1) is 0 Å². The van der Waals surface area contributed by atoms with Gasteiger partial charge in [-0.15, -0.1) is 0 Å². The molecule has 0 aliphatic rings. The first-order valence-electron chi connectivity index (χ1n) is 3.48. The zero-order valence-corrected chi connectivity index (χ0v) is 6.14. The molecule has 0 unspecified atom stereocenters. The van der Waals surface area contributed by atoms with E-state index in [0.717, 1.165) is 0 Å². The third-order valence-corrected chi connectivity index (χ3v) is 1.56. The number of hydrogen-bond donors (Lipinski definition) is 2. The summed E-state index contributed by atoms with van der Waals surface area (Å²) >= 11 is 0. The van der Waals surface area contributed by atoms with E-state index >= 15 is 0 Å². The first-order valence-corrected chi connectivity index (χ1v) is 3.48. The third-order valence-electron chi connectivity index (χ3n) is 1.56. The van der Waals surface area contributed by atoms with Crippen LogP contribution >= 0.6 is 0 Å². The summed E-state index contributed by atoms with van der Waals surface area (Å²) in [5.41, 5.74) is 1.30. The molecule has 12 heavy (non-hydrogen) atoms. The van der Waals surface area contributed by atoms with E-state index in [1.165, 1.54) is 6.07 Å². The summed E-state index contributed by atoms with van der Waals surface area (Å²) in [6, 6.07) is 4.94. The Morgan fingerprint density at radius 1 is 1.42 bits per heavy atom. The van der Waals surface area contributed by atoms with E-state index in [1.54, 1.807) is 18.3 Å². The summed E-state index contributed by atoms with van der Waals surface area (Å²) in [5, 5.41) is 17.5.